The zero-order chi connectivity index (χ0) is 23.1. The maximum absolute atomic E-state index is 13.3. The van der Waals surface area contributed by atoms with Crippen molar-refractivity contribution in [2.75, 3.05) is 4.90 Å². The predicted molar refractivity (Wildman–Crippen MR) is 115 cm³/mol. The molecule has 3 aromatic rings. The molecule has 2 fully saturated rings. The molecule has 2 aromatic carbocycles. The van der Waals surface area contributed by atoms with Gasteiger partial charge in [-0.3, -0.25) is 23.8 Å². The van der Waals surface area contributed by atoms with Gasteiger partial charge in [0.15, 0.2) is 0 Å². The lowest BCUT2D eigenvalue weighted by Gasteiger charge is -2.25. The first-order valence-corrected chi connectivity index (χ1v) is 10.6. The van der Waals surface area contributed by atoms with E-state index in [0.717, 1.165) is 23.4 Å². The standard InChI is InChI=1S/C23H21N5O5/c24-21(30)14-6-8-16(9-7-14)27-20(29)12-18(22(27)31)26(15-10-11-15)13-19-23(32)33-25-28(19)17-4-2-1-3-5-17/h1-9,15,18H,10-13H2,(H2-,24,25,30,32)/p+1. The third kappa shape index (κ3) is 3.85. The first-order valence-electron chi connectivity index (χ1n) is 10.6. The highest BCUT2D eigenvalue weighted by Gasteiger charge is 2.48. The lowest BCUT2D eigenvalue weighted by molar-refractivity contribution is -0.678. The number of aromatic amines is 1. The number of imide groups is 1. The van der Waals surface area contributed by atoms with Crippen molar-refractivity contribution in [1.82, 2.24) is 10.2 Å². The average Bonchev–Trinajstić information content (AvgIpc) is 3.53. The molecule has 1 unspecified atom stereocenters. The van der Waals surface area contributed by atoms with Gasteiger partial charge in [-0.1, -0.05) is 18.2 Å². The second-order valence-electron chi connectivity index (χ2n) is 8.20. The molecule has 0 bridgehead atoms. The Hall–Kier alpha value is -4.05. The van der Waals surface area contributed by atoms with Crippen molar-refractivity contribution >= 4 is 23.4 Å². The average molecular weight is 448 g/mol. The number of para-hydroxylation sites is 1. The maximum atomic E-state index is 13.3. The van der Waals surface area contributed by atoms with Crippen molar-refractivity contribution in [3.8, 4) is 5.69 Å². The molecule has 10 nitrogen and oxygen atoms in total. The van der Waals surface area contributed by atoms with Gasteiger partial charge in [-0.05, 0) is 47.1 Å². The van der Waals surface area contributed by atoms with Gasteiger partial charge in [0.25, 0.3) is 5.91 Å². The Morgan fingerprint density at radius 1 is 1.09 bits per heavy atom. The largest absolute Gasteiger partial charge is 0.431 e. The van der Waals surface area contributed by atoms with Gasteiger partial charge in [0.2, 0.25) is 17.5 Å². The normalized spacial score (nSPS) is 18.3. The molecule has 2 heterocycles. The van der Waals surface area contributed by atoms with Crippen molar-refractivity contribution < 1.29 is 23.6 Å². The SMILES string of the molecule is NC(=O)c1ccc(N2C(=O)CC(N(Cc3c(=O)o[nH][n+]3-c3ccccc3)C3CC3)C2=O)cc1. The van der Waals surface area contributed by atoms with E-state index in [9.17, 15) is 19.2 Å². The third-order valence-corrected chi connectivity index (χ3v) is 6.03. The van der Waals surface area contributed by atoms with Crippen LogP contribution in [0.4, 0.5) is 5.69 Å². The fraction of sp³-hybridized carbons (Fsp3) is 0.261. The molecule has 3 N–H and O–H groups in total. The Kier molecular flexibility index (Phi) is 5.14. The van der Waals surface area contributed by atoms with Crippen LogP contribution in [0.5, 0.6) is 0 Å². The van der Waals surface area contributed by atoms with E-state index in [1.165, 1.54) is 24.3 Å². The van der Waals surface area contributed by atoms with Crippen LogP contribution < -0.4 is 20.9 Å². The van der Waals surface area contributed by atoms with E-state index >= 15 is 0 Å². The van der Waals surface area contributed by atoms with Crippen LogP contribution in [-0.4, -0.2) is 40.0 Å². The highest BCUT2D eigenvalue weighted by Crippen LogP contribution is 2.34. The summed E-state index contributed by atoms with van der Waals surface area (Å²) >= 11 is 0. The minimum absolute atomic E-state index is 0.00793. The van der Waals surface area contributed by atoms with E-state index in [4.69, 9.17) is 10.3 Å². The molecule has 0 spiro atoms. The highest BCUT2D eigenvalue weighted by atomic mass is 16.5. The van der Waals surface area contributed by atoms with Crippen molar-refractivity contribution in [3.63, 3.8) is 0 Å². The zero-order valence-electron chi connectivity index (χ0n) is 17.6. The lowest BCUT2D eigenvalue weighted by Crippen LogP contribution is -2.47. The van der Waals surface area contributed by atoms with Gasteiger partial charge >= 0.3 is 11.3 Å². The Morgan fingerprint density at radius 2 is 1.79 bits per heavy atom. The number of hydrogen-bond acceptors (Lipinski definition) is 6. The molecule has 3 amide bonds. The van der Waals surface area contributed by atoms with Crippen LogP contribution >= 0.6 is 0 Å². The van der Waals surface area contributed by atoms with E-state index in [0.29, 0.717) is 16.9 Å². The molecule has 1 aliphatic heterocycles. The Bertz CT molecular complexity index is 1280. The molecule has 33 heavy (non-hydrogen) atoms. The molecule has 2 aliphatic rings. The molecule has 1 saturated heterocycles. The quantitative estimate of drug-likeness (QED) is 0.403. The Labute approximate surface area is 188 Å². The zero-order valence-corrected chi connectivity index (χ0v) is 17.6. The second-order valence-corrected chi connectivity index (χ2v) is 8.20. The van der Waals surface area contributed by atoms with Crippen LogP contribution in [-0.2, 0) is 16.1 Å². The molecule has 1 aromatic heterocycles. The van der Waals surface area contributed by atoms with E-state index in [2.05, 4.69) is 5.27 Å². The number of carbonyl (C=O) groups is 3. The monoisotopic (exact) mass is 448 g/mol. The fourth-order valence-electron chi connectivity index (χ4n) is 4.21. The van der Waals surface area contributed by atoms with Gasteiger partial charge in [0.1, 0.15) is 0 Å². The number of H-pyrrole nitrogens is 1. The van der Waals surface area contributed by atoms with E-state index in [-0.39, 0.29) is 30.8 Å². The summed E-state index contributed by atoms with van der Waals surface area (Å²) < 4.78 is 6.59. The summed E-state index contributed by atoms with van der Waals surface area (Å²) in [5.41, 5.74) is 6.49. The summed E-state index contributed by atoms with van der Waals surface area (Å²) in [5, 5.41) is 2.62. The molecule has 1 saturated carbocycles. The van der Waals surface area contributed by atoms with Crippen molar-refractivity contribution in [3.05, 3.63) is 76.3 Å². The molecular weight excluding hydrogens is 426 g/mol. The maximum Gasteiger partial charge on any atom is 0.431 e. The van der Waals surface area contributed by atoms with Crippen molar-refractivity contribution in [2.24, 2.45) is 5.73 Å². The summed E-state index contributed by atoms with van der Waals surface area (Å²) in [5.74, 6) is -1.28. The molecule has 5 rings (SSSR count). The first kappa shape index (κ1) is 20.8. The van der Waals surface area contributed by atoms with E-state index < -0.39 is 17.6 Å². The van der Waals surface area contributed by atoms with Crippen LogP contribution in [0.15, 0.2) is 63.9 Å². The Morgan fingerprint density at radius 3 is 2.42 bits per heavy atom. The lowest BCUT2D eigenvalue weighted by atomic mass is 10.2. The van der Waals surface area contributed by atoms with Gasteiger partial charge in [-0.25, -0.2) is 9.69 Å². The van der Waals surface area contributed by atoms with Gasteiger partial charge < -0.3 is 5.73 Å². The summed E-state index contributed by atoms with van der Waals surface area (Å²) in [7, 11) is 0. The number of carbonyl (C=O) groups excluding carboxylic acids is 3. The predicted octanol–water partition coefficient (Wildman–Crippen LogP) is 0.640. The van der Waals surface area contributed by atoms with Crippen LogP contribution in [0.1, 0.15) is 35.3 Å². The number of primary amides is 1. The van der Waals surface area contributed by atoms with Gasteiger partial charge in [-0.2, -0.15) is 0 Å². The number of aromatic nitrogens is 2. The molecule has 1 aliphatic carbocycles. The van der Waals surface area contributed by atoms with E-state index in [1.807, 2.05) is 35.2 Å². The second kappa shape index (κ2) is 8.14. The van der Waals surface area contributed by atoms with Crippen LogP contribution in [0.2, 0.25) is 0 Å². The summed E-state index contributed by atoms with van der Waals surface area (Å²) in [6, 6.07) is 14.7. The third-order valence-electron chi connectivity index (χ3n) is 6.03. The number of benzene rings is 2. The molecule has 10 heteroatoms. The van der Waals surface area contributed by atoms with Gasteiger partial charge in [0, 0.05) is 23.7 Å². The number of nitrogens with zero attached hydrogens (tertiary/aromatic N) is 3. The minimum atomic E-state index is -0.695. The van der Waals surface area contributed by atoms with Crippen LogP contribution in [0.3, 0.4) is 0 Å². The number of nitrogens with one attached hydrogen (secondary N) is 1. The number of rotatable bonds is 7. The number of hydrogen-bond donors (Lipinski definition) is 2. The van der Waals surface area contributed by atoms with Crippen molar-refractivity contribution in [1.29, 1.82) is 0 Å². The smallest absolute Gasteiger partial charge is 0.366 e. The first-order chi connectivity index (χ1) is 15.9. The van der Waals surface area contributed by atoms with Crippen LogP contribution in [0.25, 0.3) is 5.69 Å². The van der Waals surface area contributed by atoms with Crippen molar-refractivity contribution in [2.45, 2.75) is 37.9 Å². The molecular formula is C23H22N5O5+. The fourth-order valence-corrected chi connectivity index (χ4v) is 4.21. The topological polar surface area (TPSA) is 134 Å². The minimum Gasteiger partial charge on any atom is -0.366 e. The number of anilines is 1. The molecule has 168 valence electrons. The number of amides is 3. The molecule has 1 atom stereocenters. The summed E-state index contributed by atoms with van der Waals surface area (Å²) in [6.07, 6.45) is 1.77. The molecule has 0 radical (unpaired) electrons. The Balaban J connectivity index is 1.43. The van der Waals surface area contributed by atoms with Crippen LogP contribution in [0, 0.1) is 0 Å². The highest BCUT2D eigenvalue weighted by molar-refractivity contribution is 6.22. The number of nitrogens with two attached hydrogens (primary N) is 1. The van der Waals surface area contributed by atoms with Gasteiger partial charge in [0.05, 0.1) is 24.7 Å². The van der Waals surface area contributed by atoms with Gasteiger partial charge in [-0.15, -0.1) is 0 Å². The van der Waals surface area contributed by atoms with E-state index in [1.54, 1.807) is 4.68 Å². The summed E-state index contributed by atoms with van der Waals surface area (Å²) in [6.45, 7) is 0.156. The summed E-state index contributed by atoms with van der Waals surface area (Å²) in [4.78, 5) is 53.0.